The first-order valence-corrected chi connectivity index (χ1v) is 7.98. The summed E-state index contributed by atoms with van der Waals surface area (Å²) in [4.78, 5) is 12.4. The summed E-state index contributed by atoms with van der Waals surface area (Å²) in [6.07, 6.45) is 1.87. The highest BCUT2D eigenvalue weighted by Gasteiger charge is 2.33. The number of nitrogens with one attached hydrogen (secondary N) is 2. The molecular weight excluding hydrogens is 326 g/mol. The highest BCUT2D eigenvalue weighted by molar-refractivity contribution is 5.85. The summed E-state index contributed by atoms with van der Waals surface area (Å²) < 4.78 is 1.72. The van der Waals surface area contributed by atoms with Gasteiger partial charge in [-0.3, -0.25) is 4.79 Å². The van der Waals surface area contributed by atoms with Crippen LogP contribution in [0, 0.1) is 11.8 Å². The molecule has 3 rings (SSSR count). The van der Waals surface area contributed by atoms with E-state index in [-0.39, 0.29) is 24.2 Å². The molecule has 0 saturated carbocycles. The van der Waals surface area contributed by atoms with Crippen LogP contribution in [0.15, 0.2) is 36.5 Å². The molecule has 1 unspecified atom stereocenters. The Bertz CT molecular complexity index is 681. The monoisotopic (exact) mass is 349 g/mol. The van der Waals surface area contributed by atoms with E-state index in [4.69, 9.17) is 0 Å². The molecule has 0 spiro atoms. The fourth-order valence-corrected chi connectivity index (χ4v) is 2.62. The first-order valence-electron chi connectivity index (χ1n) is 7.98. The van der Waals surface area contributed by atoms with Gasteiger partial charge in [-0.1, -0.05) is 30.3 Å². The average molecular weight is 350 g/mol. The summed E-state index contributed by atoms with van der Waals surface area (Å²) in [5.41, 5.74) is 1.13. The van der Waals surface area contributed by atoms with Crippen molar-refractivity contribution in [1.29, 1.82) is 0 Å². The highest BCUT2D eigenvalue weighted by Crippen LogP contribution is 2.22. The first-order chi connectivity index (χ1) is 11.0. The first kappa shape index (κ1) is 18.4. The Hall–Kier alpha value is -1.92. The zero-order chi connectivity index (χ0) is 16.4. The quantitative estimate of drug-likeness (QED) is 0.864. The van der Waals surface area contributed by atoms with Gasteiger partial charge in [-0.15, -0.1) is 17.5 Å². The number of aromatic nitrogens is 3. The van der Waals surface area contributed by atoms with Crippen molar-refractivity contribution in [3.63, 3.8) is 0 Å². The predicted molar refractivity (Wildman–Crippen MR) is 95.3 cm³/mol. The lowest BCUT2D eigenvalue weighted by Crippen LogP contribution is -2.52. The fourth-order valence-electron chi connectivity index (χ4n) is 2.62. The van der Waals surface area contributed by atoms with Crippen LogP contribution in [0.1, 0.15) is 26.5 Å². The van der Waals surface area contributed by atoms with E-state index >= 15 is 0 Å². The molecule has 1 aromatic carbocycles. The molecule has 1 aromatic heterocycles. The van der Waals surface area contributed by atoms with Crippen LogP contribution in [0.25, 0.3) is 5.69 Å². The topological polar surface area (TPSA) is 71.8 Å². The van der Waals surface area contributed by atoms with Gasteiger partial charge in [-0.2, -0.15) is 0 Å². The van der Waals surface area contributed by atoms with E-state index < -0.39 is 5.54 Å². The smallest absolute Gasteiger partial charge is 0.223 e. The predicted octanol–water partition coefficient (Wildman–Crippen LogP) is 1.90. The standard InChI is InChI=1S/C17H23N5O.ClH/c1-12(13-9-18-10-13)16(23)19-17(2,3)15-11-22(21-20-15)14-7-5-4-6-8-14;/h4-8,11-13,18H,9-10H2,1-3H3,(H,19,23);1H. The second-order valence-corrected chi connectivity index (χ2v) is 6.71. The van der Waals surface area contributed by atoms with Crippen LogP contribution in [-0.4, -0.2) is 34.0 Å². The lowest BCUT2D eigenvalue weighted by molar-refractivity contribution is -0.128. The minimum Gasteiger partial charge on any atom is -0.345 e. The molecule has 1 aliphatic rings. The van der Waals surface area contributed by atoms with E-state index in [1.807, 2.05) is 57.3 Å². The van der Waals surface area contributed by atoms with Crippen LogP contribution >= 0.6 is 12.4 Å². The zero-order valence-corrected chi connectivity index (χ0v) is 15.0. The third-order valence-electron chi connectivity index (χ3n) is 4.52. The molecule has 1 atom stereocenters. The Labute approximate surface area is 148 Å². The Morgan fingerprint density at radius 1 is 1.33 bits per heavy atom. The van der Waals surface area contributed by atoms with Crippen molar-refractivity contribution >= 4 is 18.3 Å². The zero-order valence-electron chi connectivity index (χ0n) is 14.2. The van der Waals surface area contributed by atoms with Gasteiger partial charge in [0, 0.05) is 5.92 Å². The molecule has 7 heteroatoms. The van der Waals surface area contributed by atoms with Crippen molar-refractivity contribution in [2.24, 2.45) is 11.8 Å². The number of hydrogen-bond acceptors (Lipinski definition) is 4. The molecule has 1 saturated heterocycles. The maximum atomic E-state index is 12.4. The van der Waals surface area contributed by atoms with Gasteiger partial charge in [0.05, 0.1) is 17.4 Å². The number of halogens is 1. The summed E-state index contributed by atoms with van der Waals surface area (Å²) in [5, 5.41) is 14.7. The number of benzene rings is 1. The van der Waals surface area contributed by atoms with Crippen LogP contribution in [0.3, 0.4) is 0 Å². The van der Waals surface area contributed by atoms with Gasteiger partial charge < -0.3 is 10.6 Å². The second-order valence-electron chi connectivity index (χ2n) is 6.71. The summed E-state index contributed by atoms with van der Waals surface area (Å²) >= 11 is 0. The molecule has 2 N–H and O–H groups in total. The fraction of sp³-hybridized carbons (Fsp3) is 0.471. The average Bonchev–Trinajstić information content (AvgIpc) is 2.96. The molecule has 6 nitrogen and oxygen atoms in total. The van der Waals surface area contributed by atoms with Gasteiger partial charge in [-0.25, -0.2) is 4.68 Å². The lowest BCUT2D eigenvalue weighted by atomic mass is 9.87. The third-order valence-corrected chi connectivity index (χ3v) is 4.52. The van der Waals surface area contributed by atoms with Gasteiger partial charge in [0.15, 0.2) is 0 Å². The number of rotatable bonds is 5. The van der Waals surface area contributed by atoms with Crippen LogP contribution in [0.4, 0.5) is 0 Å². The molecule has 130 valence electrons. The van der Waals surface area contributed by atoms with Gasteiger partial charge in [0.25, 0.3) is 0 Å². The maximum Gasteiger partial charge on any atom is 0.223 e. The van der Waals surface area contributed by atoms with E-state index in [1.165, 1.54) is 0 Å². The molecule has 1 fully saturated rings. The lowest BCUT2D eigenvalue weighted by Gasteiger charge is -2.34. The van der Waals surface area contributed by atoms with Crippen molar-refractivity contribution < 1.29 is 4.79 Å². The van der Waals surface area contributed by atoms with Crippen LogP contribution in [0.5, 0.6) is 0 Å². The highest BCUT2D eigenvalue weighted by atomic mass is 35.5. The minimum absolute atomic E-state index is 0. The molecule has 0 radical (unpaired) electrons. The van der Waals surface area contributed by atoms with Crippen molar-refractivity contribution in [3.8, 4) is 5.69 Å². The number of carbonyl (C=O) groups excluding carboxylic acids is 1. The summed E-state index contributed by atoms with van der Waals surface area (Å²) in [6.45, 7) is 7.72. The molecule has 2 heterocycles. The number of para-hydroxylation sites is 1. The van der Waals surface area contributed by atoms with Crippen molar-refractivity contribution in [1.82, 2.24) is 25.6 Å². The Kier molecular flexibility index (Phi) is 5.62. The Morgan fingerprint density at radius 2 is 2.00 bits per heavy atom. The summed E-state index contributed by atoms with van der Waals surface area (Å²) in [5.74, 6) is 0.487. The number of nitrogens with zero attached hydrogens (tertiary/aromatic N) is 3. The van der Waals surface area contributed by atoms with Crippen LogP contribution < -0.4 is 10.6 Å². The summed E-state index contributed by atoms with van der Waals surface area (Å²) in [6, 6.07) is 9.81. The largest absolute Gasteiger partial charge is 0.345 e. The van der Waals surface area contributed by atoms with E-state index in [1.54, 1.807) is 4.68 Å². The Morgan fingerprint density at radius 3 is 2.58 bits per heavy atom. The molecule has 2 aromatic rings. The van der Waals surface area contributed by atoms with Crippen molar-refractivity contribution in [2.45, 2.75) is 26.3 Å². The Balaban J connectivity index is 0.00000208. The van der Waals surface area contributed by atoms with Gasteiger partial charge in [0.2, 0.25) is 5.91 Å². The van der Waals surface area contributed by atoms with E-state index in [0.29, 0.717) is 5.92 Å². The van der Waals surface area contributed by atoms with E-state index in [2.05, 4.69) is 20.9 Å². The number of hydrogen-bond donors (Lipinski definition) is 2. The summed E-state index contributed by atoms with van der Waals surface area (Å²) in [7, 11) is 0. The molecule has 1 amide bonds. The number of carbonyl (C=O) groups is 1. The van der Waals surface area contributed by atoms with Gasteiger partial charge >= 0.3 is 0 Å². The van der Waals surface area contributed by atoms with Crippen molar-refractivity contribution in [3.05, 3.63) is 42.2 Å². The van der Waals surface area contributed by atoms with Crippen LogP contribution in [0.2, 0.25) is 0 Å². The molecule has 24 heavy (non-hydrogen) atoms. The molecular formula is C17H24ClN5O. The van der Waals surface area contributed by atoms with E-state index in [0.717, 1.165) is 24.5 Å². The SMILES string of the molecule is CC(C(=O)NC(C)(C)c1cn(-c2ccccc2)nn1)C1CNC1.Cl. The molecule has 0 bridgehead atoms. The molecule has 0 aliphatic carbocycles. The molecule has 1 aliphatic heterocycles. The maximum absolute atomic E-state index is 12.4. The third kappa shape index (κ3) is 3.76. The second kappa shape index (κ2) is 7.32. The van der Waals surface area contributed by atoms with Crippen molar-refractivity contribution in [2.75, 3.05) is 13.1 Å². The van der Waals surface area contributed by atoms with Crippen LogP contribution in [-0.2, 0) is 10.3 Å². The normalized spacial score (nSPS) is 16.0. The minimum atomic E-state index is -0.560. The van der Waals surface area contributed by atoms with Gasteiger partial charge in [-0.05, 0) is 45.0 Å². The van der Waals surface area contributed by atoms with E-state index in [9.17, 15) is 4.79 Å². The number of amides is 1. The van der Waals surface area contributed by atoms with Gasteiger partial charge in [0.1, 0.15) is 5.69 Å².